The van der Waals surface area contributed by atoms with Crippen LogP contribution in [-0.4, -0.2) is 0 Å². The van der Waals surface area contributed by atoms with E-state index in [4.69, 9.17) is 0 Å². The van der Waals surface area contributed by atoms with Crippen LogP contribution in [-0.2, 0) is 12.8 Å². The predicted molar refractivity (Wildman–Crippen MR) is 86.6 cm³/mol. The van der Waals surface area contributed by atoms with Crippen LogP contribution in [0.25, 0.3) is 23.3 Å². The maximum Gasteiger partial charge on any atom is -0.0143 e. The number of fused-ring (bicyclic) bond motifs is 2. The minimum Gasteiger partial charge on any atom is -0.0836 e. The van der Waals surface area contributed by atoms with Gasteiger partial charge in [0.05, 0.1) is 0 Å². The van der Waals surface area contributed by atoms with Crippen molar-refractivity contribution in [1.82, 2.24) is 0 Å². The molecule has 2 aromatic rings. The number of allylic oxidation sites excluding steroid dienone is 2. The molecule has 0 saturated carbocycles. The second-order valence-electron chi connectivity index (χ2n) is 5.63. The second-order valence-corrected chi connectivity index (χ2v) is 5.63. The zero-order valence-electron chi connectivity index (χ0n) is 11.6. The fraction of sp³-hybridized carbons (Fsp3) is 0.200. The highest BCUT2D eigenvalue weighted by Gasteiger charge is 2.15. The van der Waals surface area contributed by atoms with Gasteiger partial charge in [-0.1, -0.05) is 60.7 Å². The van der Waals surface area contributed by atoms with Crippen molar-refractivity contribution in [3.05, 3.63) is 70.8 Å². The summed E-state index contributed by atoms with van der Waals surface area (Å²) in [6.45, 7) is 0. The number of rotatable bonds is 1. The minimum atomic E-state index is 1.17. The molecule has 4 rings (SSSR count). The summed E-state index contributed by atoms with van der Waals surface area (Å²) in [4.78, 5) is 0. The first-order chi connectivity index (χ1) is 9.93. The monoisotopic (exact) mass is 258 g/mol. The zero-order valence-corrected chi connectivity index (χ0v) is 11.6. The summed E-state index contributed by atoms with van der Waals surface area (Å²) < 4.78 is 0. The predicted octanol–water partition coefficient (Wildman–Crippen LogP) is 5.27. The molecule has 0 radical (unpaired) electrons. The van der Waals surface area contributed by atoms with E-state index in [1.54, 1.807) is 0 Å². The Morgan fingerprint density at radius 3 is 1.60 bits per heavy atom. The first kappa shape index (κ1) is 11.7. The van der Waals surface area contributed by atoms with Gasteiger partial charge in [0.25, 0.3) is 0 Å². The SMILES string of the molecule is C1=Cc2cccc(-c3cccc4c3CCC=C4)c2CC1. The van der Waals surface area contributed by atoms with Gasteiger partial charge in [-0.05, 0) is 59.1 Å². The standard InChI is InChI=1S/C20H18/c1-3-11-17-15(7-1)9-5-13-19(17)20-14-6-10-16-8-2-4-12-18(16)20/h1-2,5-10,13-14H,3-4,11-12H2. The summed E-state index contributed by atoms with van der Waals surface area (Å²) in [5.74, 6) is 0. The molecule has 0 heterocycles. The number of benzene rings is 2. The van der Waals surface area contributed by atoms with Gasteiger partial charge in [-0.2, -0.15) is 0 Å². The van der Waals surface area contributed by atoms with E-state index in [2.05, 4.69) is 60.7 Å². The lowest BCUT2D eigenvalue weighted by Gasteiger charge is -2.20. The Hall–Kier alpha value is -2.08. The van der Waals surface area contributed by atoms with Gasteiger partial charge in [-0.3, -0.25) is 0 Å². The van der Waals surface area contributed by atoms with Crippen molar-refractivity contribution in [2.45, 2.75) is 25.7 Å². The van der Waals surface area contributed by atoms with Gasteiger partial charge in [0.1, 0.15) is 0 Å². The molecule has 0 atom stereocenters. The van der Waals surface area contributed by atoms with Crippen LogP contribution in [0.3, 0.4) is 0 Å². The molecule has 0 unspecified atom stereocenters. The molecule has 2 aliphatic carbocycles. The fourth-order valence-corrected chi connectivity index (χ4v) is 3.46. The van der Waals surface area contributed by atoms with E-state index >= 15 is 0 Å². The van der Waals surface area contributed by atoms with Crippen LogP contribution in [0.5, 0.6) is 0 Å². The van der Waals surface area contributed by atoms with Gasteiger partial charge in [-0.15, -0.1) is 0 Å². The molecule has 0 aromatic heterocycles. The lowest BCUT2D eigenvalue weighted by atomic mass is 9.84. The third-order valence-corrected chi connectivity index (χ3v) is 4.43. The van der Waals surface area contributed by atoms with Crippen molar-refractivity contribution in [3.8, 4) is 11.1 Å². The highest BCUT2D eigenvalue weighted by atomic mass is 14.2. The Balaban J connectivity index is 1.95. The quantitative estimate of drug-likeness (QED) is 0.653. The maximum atomic E-state index is 2.30. The van der Waals surface area contributed by atoms with Gasteiger partial charge in [-0.25, -0.2) is 0 Å². The van der Waals surface area contributed by atoms with E-state index in [1.165, 1.54) is 59.1 Å². The maximum absolute atomic E-state index is 2.30. The normalized spacial score (nSPS) is 15.8. The Labute approximate surface area is 120 Å². The molecule has 0 N–H and O–H groups in total. The summed E-state index contributed by atoms with van der Waals surface area (Å²) in [7, 11) is 0. The second kappa shape index (κ2) is 4.79. The molecule has 0 nitrogen and oxygen atoms in total. The van der Waals surface area contributed by atoms with Crippen molar-refractivity contribution < 1.29 is 0 Å². The van der Waals surface area contributed by atoms with Crippen LogP contribution in [0.15, 0.2) is 48.6 Å². The average molecular weight is 258 g/mol. The van der Waals surface area contributed by atoms with Crippen molar-refractivity contribution in [1.29, 1.82) is 0 Å². The Kier molecular flexibility index (Phi) is 2.81. The van der Waals surface area contributed by atoms with Gasteiger partial charge in [0.15, 0.2) is 0 Å². The molecule has 98 valence electrons. The lowest BCUT2D eigenvalue weighted by molar-refractivity contribution is 0.973. The van der Waals surface area contributed by atoms with E-state index in [0.717, 1.165) is 0 Å². The third kappa shape index (κ3) is 1.84. The minimum absolute atomic E-state index is 1.17. The molecular weight excluding hydrogens is 240 g/mol. The molecule has 0 fully saturated rings. The van der Waals surface area contributed by atoms with Crippen molar-refractivity contribution in [2.24, 2.45) is 0 Å². The Bertz CT molecular complexity index is 653. The zero-order chi connectivity index (χ0) is 13.4. The van der Waals surface area contributed by atoms with Crippen molar-refractivity contribution >= 4 is 12.2 Å². The van der Waals surface area contributed by atoms with E-state index < -0.39 is 0 Å². The van der Waals surface area contributed by atoms with Crippen LogP contribution < -0.4 is 0 Å². The van der Waals surface area contributed by atoms with Crippen LogP contribution in [0, 0.1) is 0 Å². The number of hydrogen-bond donors (Lipinski definition) is 0. The van der Waals surface area contributed by atoms with E-state index in [1.807, 2.05) is 0 Å². The van der Waals surface area contributed by atoms with Gasteiger partial charge < -0.3 is 0 Å². The first-order valence-corrected chi connectivity index (χ1v) is 7.51. The summed E-state index contributed by atoms with van der Waals surface area (Å²) in [6.07, 6.45) is 13.8. The topological polar surface area (TPSA) is 0 Å². The summed E-state index contributed by atoms with van der Waals surface area (Å²) in [5.41, 5.74) is 8.74. The Morgan fingerprint density at radius 2 is 1.10 bits per heavy atom. The smallest absolute Gasteiger partial charge is 0.0143 e. The van der Waals surface area contributed by atoms with E-state index in [-0.39, 0.29) is 0 Å². The molecule has 2 aliphatic rings. The summed E-state index contributed by atoms with van der Waals surface area (Å²) in [5, 5.41) is 0. The largest absolute Gasteiger partial charge is 0.0836 e. The van der Waals surface area contributed by atoms with Gasteiger partial charge in [0.2, 0.25) is 0 Å². The molecule has 0 saturated heterocycles. The van der Waals surface area contributed by atoms with Gasteiger partial charge >= 0.3 is 0 Å². The Morgan fingerprint density at radius 1 is 0.600 bits per heavy atom. The van der Waals surface area contributed by atoms with Crippen LogP contribution in [0.2, 0.25) is 0 Å². The summed E-state index contributed by atoms with van der Waals surface area (Å²) >= 11 is 0. The molecule has 0 spiro atoms. The molecule has 20 heavy (non-hydrogen) atoms. The molecule has 0 aliphatic heterocycles. The molecular formula is C20H18. The number of hydrogen-bond acceptors (Lipinski definition) is 0. The van der Waals surface area contributed by atoms with Gasteiger partial charge in [0, 0.05) is 0 Å². The van der Waals surface area contributed by atoms with Crippen molar-refractivity contribution in [3.63, 3.8) is 0 Å². The highest BCUT2D eigenvalue weighted by molar-refractivity contribution is 5.79. The molecule has 0 bridgehead atoms. The highest BCUT2D eigenvalue weighted by Crippen LogP contribution is 2.35. The van der Waals surface area contributed by atoms with Crippen molar-refractivity contribution in [2.75, 3.05) is 0 Å². The fourth-order valence-electron chi connectivity index (χ4n) is 3.46. The third-order valence-electron chi connectivity index (χ3n) is 4.43. The van der Waals surface area contributed by atoms with E-state index in [0.29, 0.717) is 0 Å². The van der Waals surface area contributed by atoms with Crippen LogP contribution in [0.1, 0.15) is 35.1 Å². The molecule has 2 aromatic carbocycles. The lowest BCUT2D eigenvalue weighted by Crippen LogP contribution is -2.02. The average Bonchev–Trinajstić information content (AvgIpc) is 2.54. The molecule has 0 amide bonds. The van der Waals surface area contributed by atoms with Crippen LogP contribution >= 0.6 is 0 Å². The first-order valence-electron chi connectivity index (χ1n) is 7.51. The van der Waals surface area contributed by atoms with Crippen LogP contribution in [0.4, 0.5) is 0 Å². The van der Waals surface area contributed by atoms with E-state index in [9.17, 15) is 0 Å². The summed E-state index contributed by atoms with van der Waals surface area (Å²) in [6, 6.07) is 13.5. The molecule has 0 heteroatoms.